The van der Waals surface area contributed by atoms with Gasteiger partial charge in [0.25, 0.3) is 0 Å². The Morgan fingerprint density at radius 2 is 2.16 bits per heavy atom. The van der Waals surface area contributed by atoms with Crippen LogP contribution in [0.1, 0.15) is 10.5 Å². The van der Waals surface area contributed by atoms with E-state index in [1.807, 2.05) is 17.5 Å². The number of hydrogen-bond acceptors (Lipinski definition) is 5. The van der Waals surface area contributed by atoms with Crippen molar-refractivity contribution in [3.63, 3.8) is 0 Å². The maximum atomic E-state index is 11.2. The molecule has 0 aromatic carbocycles. The summed E-state index contributed by atoms with van der Waals surface area (Å²) in [6, 6.07) is 7.10. The maximum Gasteiger partial charge on any atom is 0.358 e. The molecule has 0 spiro atoms. The Labute approximate surface area is 120 Å². The van der Waals surface area contributed by atoms with E-state index in [-0.39, 0.29) is 11.5 Å². The SMILES string of the molecule is O=C(O)c1nc(-c2cccs2)oc1-c1ccc(Cl)s1. The fourth-order valence-electron chi connectivity index (χ4n) is 1.57. The zero-order chi connectivity index (χ0) is 13.4. The molecule has 3 aromatic rings. The fraction of sp³-hybridized carbons (Fsp3) is 0. The topological polar surface area (TPSA) is 63.3 Å². The Balaban J connectivity index is 2.15. The van der Waals surface area contributed by atoms with Crippen molar-refractivity contribution in [1.82, 2.24) is 4.98 Å². The Morgan fingerprint density at radius 1 is 1.32 bits per heavy atom. The molecule has 96 valence electrons. The van der Waals surface area contributed by atoms with E-state index in [2.05, 4.69) is 4.98 Å². The molecule has 0 radical (unpaired) electrons. The molecule has 0 atom stereocenters. The van der Waals surface area contributed by atoms with Gasteiger partial charge in [0.2, 0.25) is 5.89 Å². The summed E-state index contributed by atoms with van der Waals surface area (Å²) in [6.07, 6.45) is 0. The van der Waals surface area contributed by atoms with Gasteiger partial charge in [0, 0.05) is 0 Å². The standard InChI is InChI=1S/C12H6ClNO3S2/c13-8-4-3-6(19-8)10-9(12(15)16)14-11(17-10)7-2-1-5-18-7/h1-5H,(H,15,16). The molecule has 1 N–H and O–H groups in total. The molecule has 0 fully saturated rings. The summed E-state index contributed by atoms with van der Waals surface area (Å²) < 4.78 is 6.16. The van der Waals surface area contributed by atoms with Gasteiger partial charge in [0.1, 0.15) is 0 Å². The molecule has 0 saturated carbocycles. The molecular formula is C12H6ClNO3S2. The van der Waals surface area contributed by atoms with Crippen LogP contribution in [0.5, 0.6) is 0 Å². The van der Waals surface area contributed by atoms with E-state index < -0.39 is 5.97 Å². The van der Waals surface area contributed by atoms with Crippen LogP contribution in [0, 0.1) is 0 Å². The van der Waals surface area contributed by atoms with Gasteiger partial charge in [0.05, 0.1) is 14.1 Å². The number of aromatic carboxylic acids is 1. The second-order valence-corrected chi connectivity index (χ2v) is 6.25. The number of carboxylic acids is 1. The number of aromatic nitrogens is 1. The normalized spacial score (nSPS) is 10.8. The predicted octanol–water partition coefficient (Wildman–Crippen LogP) is 4.48. The average molecular weight is 312 g/mol. The molecule has 0 aliphatic heterocycles. The highest BCUT2D eigenvalue weighted by atomic mass is 35.5. The molecule has 3 rings (SSSR count). The molecule has 3 aromatic heterocycles. The summed E-state index contributed by atoms with van der Waals surface area (Å²) in [7, 11) is 0. The first-order chi connectivity index (χ1) is 9.15. The number of rotatable bonds is 3. The molecular weight excluding hydrogens is 306 g/mol. The van der Waals surface area contributed by atoms with Crippen LogP contribution in [0.15, 0.2) is 34.1 Å². The minimum atomic E-state index is -1.12. The van der Waals surface area contributed by atoms with Gasteiger partial charge >= 0.3 is 5.97 Å². The third kappa shape index (κ3) is 2.30. The minimum absolute atomic E-state index is 0.0954. The average Bonchev–Trinajstić information content (AvgIpc) is 3.07. The molecule has 4 nitrogen and oxygen atoms in total. The number of nitrogens with zero attached hydrogens (tertiary/aromatic N) is 1. The van der Waals surface area contributed by atoms with Gasteiger partial charge in [-0.15, -0.1) is 22.7 Å². The third-order valence-corrected chi connectivity index (χ3v) is 4.45. The lowest BCUT2D eigenvalue weighted by Gasteiger charge is -1.91. The monoisotopic (exact) mass is 311 g/mol. The maximum absolute atomic E-state index is 11.2. The first kappa shape index (κ1) is 12.4. The predicted molar refractivity (Wildman–Crippen MR) is 75.1 cm³/mol. The summed E-state index contributed by atoms with van der Waals surface area (Å²) in [4.78, 5) is 16.7. The van der Waals surface area contributed by atoms with Crippen molar-refractivity contribution in [2.75, 3.05) is 0 Å². The highest BCUT2D eigenvalue weighted by Gasteiger charge is 2.23. The van der Waals surface area contributed by atoms with Crippen molar-refractivity contribution >= 4 is 40.2 Å². The largest absolute Gasteiger partial charge is 0.476 e. The third-order valence-electron chi connectivity index (χ3n) is 2.36. The second-order valence-electron chi connectivity index (χ2n) is 3.58. The van der Waals surface area contributed by atoms with Crippen molar-refractivity contribution in [1.29, 1.82) is 0 Å². The Hall–Kier alpha value is -1.63. The van der Waals surface area contributed by atoms with Gasteiger partial charge in [-0.3, -0.25) is 0 Å². The minimum Gasteiger partial charge on any atom is -0.476 e. The zero-order valence-electron chi connectivity index (χ0n) is 9.29. The van der Waals surface area contributed by atoms with Crippen molar-refractivity contribution in [2.45, 2.75) is 0 Å². The highest BCUT2D eigenvalue weighted by Crippen LogP contribution is 2.36. The van der Waals surface area contributed by atoms with Gasteiger partial charge in [-0.25, -0.2) is 9.78 Å². The molecule has 0 bridgehead atoms. The van der Waals surface area contributed by atoms with Crippen LogP contribution in [0.2, 0.25) is 4.34 Å². The fourth-order valence-corrected chi connectivity index (χ4v) is 3.25. The number of thiophene rings is 2. The number of carbonyl (C=O) groups is 1. The summed E-state index contributed by atoms with van der Waals surface area (Å²) in [5, 5.41) is 11.1. The van der Waals surface area contributed by atoms with Gasteiger partial charge < -0.3 is 9.52 Å². The quantitative estimate of drug-likeness (QED) is 0.774. The van der Waals surface area contributed by atoms with E-state index in [0.29, 0.717) is 15.1 Å². The lowest BCUT2D eigenvalue weighted by molar-refractivity contribution is 0.0691. The van der Waals surface area contributed by atoms with Crippen molar-refractivity contribution in [3.8, 4) is 21.4 Å². The molecule has 0 saturated heterocycles. The summed E-state index contributed by atoms with van der Waals surface area (Å²) in [6.45, 7) is 0. The summed E-state index contributed by atoms with van der Waals surface area (Å²) in [5.41, 5.74) is -0.0954. The second kappa shape index (κ2) is 4.80. The van der Waals surface area contributed by atoms with Gasteiger partial charge in [-0.05, 0) is 23.6 Å². The van der Waals surface area contributed by atoms with Gasteiger partial charge in [0.15, 0.2) is 11.5 Å². The van der Waals surface area contributed by atoms with Crippen LogP contribution in [0.4, 0.5) is 0 Å². The first-order valence-electron chi connectivity index (χ1n) is 5.19. The molecule has 19 heavy (non-hydrogen) atoms. The number of carboxylic acid groups (broad SMARTS) is 1. The van der Waals surface area contributed by atoms with E-state index in [0.717, 1.165) is 4.88 Å². The van der Waals surface area contributed by atoms with Crippen molar-refractivity contribution < 1.29 is 14.3 Å². The lowest BCUT2D eigenvalue weighted by atomic mass is 10.3. The number of hydrogen-bond donors (Lipinski definition) is 1. The van der Waals surface area contributed by atoms with Crippen LogP contribution < -0.4 is 0 Å². The molecule has 0 aliphatic rings. The van der Waals surface area contributed by atoms with Crippen LogP contribution in [-0.4, -0.2) is 16.1 Å². The Kier molecular flexibility index (Phi) is 3.14. The van der Waals surface area contributed by atoms with E-state index in [4.69, 9.17) is 16.0 Å². The highest BCUT2D eigenvalue weighted by molar-refractivity contribution is 7.19. The van der Waals surface area contributed by atoms with Crippen LogP contribution in [0.3, 0.4) is 0 Å². The molecule has 0 amide bonds. The van der Waals surface area contributed by atoms with E-state index in [1.165, 1.54) is 22.7 Å². The van der Waals surface area contributed by atoms with Gasteiger partial charge in [-0.2, -0.15) is 0 Å². The van der Waals surface area contributed by atoms with Crippen molar-refractivity contribution in [2.24, 2.45) is 0 Å². The number of halogens is 1. The molecule has 3 heterocycles. The van der Waals surface area contributed by atoms with Crippen LogP contribution in [0.25, 0.3) is 21.4 Å². The van der Waals surface area contributed by atoms with E-state index in [9.17, 15) is 9.90 Å². The molecule has 0 aliphatic carbocycles. The summed E-state index contributed by atoms with van der Waals surface area (Å²) in [5.74, 6) is -0.564. The summed E-state index contributed by atoms with van der Waals surface area (Å²) >= 11 is 8.55. The smallest absolute Gasteiger partial charge is 0.358 e. The molecule has 7 heteroatoms. The first-order valence-corrected chi connectivity index (χ1v) is 7.26. The van der Waals surface area contributed by atoms with E-state index in [1.54, 1.807) is 12.1 Å². The van der Waals surface area contributed by atoms with Gasteiger partial charge in [-0.1, -0.05) is 17.7 Å². The van der Waals surface area contributed by atoms with Crippen LogP contribution >= 0.6 is 34.3 Å². The van der Waals surface area contributed by atoms with Crippen LogP contribution in [-0.2, 0) is 0 Å². The zero-order valence-corrected chi connectivity index (χ0v) is 11.7. The molecule has 0 unspecified atom stereocenters. The van der Waals surface area contributed by atoms with Crippen molar-refractivity contribution in [3.05, 3.63) is 39.7 Å². The van der Waals surface area contributed by atoms with E-state index >= 15 is 0 Å². The Morgan fingerprint density at radius 3 is 2.74 bits per heavy atom. The Bertz CT molecular complexity index is 730. The lowest BCUT2D eigenvalue weighted by Crippen LogP contribution is -1.98. The number of oxazole rings is 1.